The lowest BCUT2D eigenvalue weighted by Gasteiger charge is -2.14. The van der Waals surface area contributed by atoms with Crippen LogP contribution in [-0.4, -0.2) is 18.9 Å². The first-order valence-corrected chi connectivity index (χ1v) is 9.09. The number of hydrogen-bond donors (Lipinski definition) is 2. The fourth-order valence-electron chi connectivity index (χ4n) is 2.82. The summed E-state index contributed by atoms with van der Waals surface area (Å²) in [7, 11) is 1.52. The Bertz CT molecular complexity index is 1000. The highest BCUT2D eigenvalue weighted by Gasteiger charge is 2.15. The summed E-state index contributed by atoms with van der Waals surface area (Å²) in [6.07, 6.45) is 0. The first-order chi connectivity index (χ1) is 14.1. The van der Waals surface area contributed by atoms with Crippen molar-refractivity contribution in [1.82, 2.24) is 0 Å². The number of nitrogens with one attached hydrogen (secondary N) is 2. The van der Waals surface area contributed by atoms with E-state index in [4.69, 9.17) is 9.47 Å². The fraction of sp³-hybridized carbons (Fsp3) is 0.130. The molecule has 148 valence electrons. The third kappa shape index (κ3) is 5.35. The quantitative estimate of drug-likeness (QED) is 0.623. The minimum atomic E-state index is -0.296. The minimum absolute atomic E-state index is 0.198. The monoisotopic (exact) mass is 390 g/mol. The van der Waals surface area contributed by atoms with Crippen molar-refractivity contribution >= 4 is 23.2 Å². The summed E-state index contributed by atoms with van der Waals surface area (Å²) in [5.41, 5.74) is 2.28. The number of ether oxygens (including phenoxy) is 2. The molecule has 0 saturated heterocycles. The Morgan fingerprint density at radius 1 is 0.897 bits per heavy atom. The molecule has 0 fully saturated rings. The minimum Gasteiger partial charge on any atom is -0.495 e. The van der Waals surface area contributed by atoms with Crippen molar-refractivity contribution in [3.8, 4) is 11.5 Å². The highest BCUT2D eigenvalue weighted by molar-refractivity contribution is 6.06. The molecular weight excluding hydrogens is 368 g/mol. The van der Waals surface area contributed by atoms with Crippen molar-refractivity contribution in [2.75, 3.05) is 17.7 Å². The van der Waals surface area contributed by atoms with Crippen LogP contribution in [0.3, 0.4) is 0 Å². The van der Waals surface area contributed by atoms with Crippen molar-refractivity contribution < 1.29 is 19.1 Å². The molecular formula is C23H22N2O4. The van der Waals surface area contributed by atoms with Gasteiger partial charge in [0.2, 0.25) is 5.91 Å². The number of rotatable bonds is 7. The van der Waals surface area contributed by atoms with E-state index in [1.54, 1.807) is 30.3 Å². The predicted octanol–water partition coefficient (Wildman–Crippen LogP) is 4.48. The SMILES string of the molecule is COc1ccc(NC(C)=O)cc1NC(=O)c1ccccc1COc1ccccc1. The fourth-order valence-corrected chi connectivity index (χ4v) is 2.82. The van der Waals surface area contributed by atoms with Crippen molar-refractivity contribution in [3.05, 3.63) is 83.9 Å². The molecule has 0 aliphatic heterocycles. The van der Waals surface area contributed by atoms with Crippen LogP contribution in [0.5, 0.6) is 11.5 Å². The van der Waals surface area contributed by atoms with Gasteiger partial charge in [0.1, 0.15) is 18.1 Å². The summed E-state index contributed by atoms with van der Waals surface area (Å²) >= 11 is 0. The van der Waals surface area contributed by atoms with Gasteiger partial charge in [0, 0.05) is 23.7 Å². The van der Waals surface area contributed by atoms with Crippen LogP contribution >= 0.6 is 0 Å². The first-order valence-electron chi connectivity index (χ1n) is 9.09. The second-order valence-corrected chi connectivity index (χ2v) is 6.31. The highest BCUT2D eigenvalue weighted by atomic mass is 16.5. The molecule has 0 radical (unpaired) electrons. The molecule has 3 rings (SSSR count). The van der Waals surface area contributed by atoms with Crippen LogP contribution in [0.4, 0.5) is 11.4 Å². The van der Waals surface area contributed by atoms with Crippen LogP contribution in [0.2, 0.25) is 0 Å². The normalized spacial score (nSPS) is 10.1. The van der Waals surface area contributed by atoms with Crippen LogP contribution < -0.4 is 20.1 Å². The lowest BCUT2D eigenvalue weighted by molar-refractivity contribution is -0.114. The molecule has 0 bridgehead atoms. The van der Waals surface area contributed by atoms with Gasteiger partial charge >= 0.3 is 0 Å². The first kappa shape index (κ1) is 19.9. The summed E-state index contributed by atoms with van der Waals surface area (Å²) in [5.74, 6) is 0.726. The molecule has 0 unspecified atom stereocenters. The Hall–Kier alpha value is -3.80. The van der Waals surface area contributed by atoms with E-state index in [2.05, 4.69) is 10.6 Å². The standard InChI is InChI=1S/C23H22N2O4/c1-16(26)24-18-12-13-22(28-2)21(14-18)25-23(27)20-11-7-6-8-17(20)15-29-19-9-4-3-5-10-19/h3-14H,15H2,1-2H3,(H,24,26)(H,25,27). The zero-order valence-electron chi connectivity index (χ0n) is 16.3. The molecule has 0 aromatic heterocycles. The average molecular weight is 390 g/mol. The van der Waals surface area contributed by atoms with Gasteiger partial charge in [0.05, 0.1) is 12.8 Å². The van der Waals surface area contributed by atoms with Crippen LogP contribution in [0.15, 0.2) is 72.8 Å². The van der Waals surface area contributed by atoms with Gasteiger partial charge in [-0.1, -0.05) is 36.4 Å². The molecule has 0 heterocycles. The molecule has 2 N–H and O–H groups in total. The summed E-state index contributed by atoms with van der Waals surface area (Å²) in [6, 6.07) is 21.7. The summed E-state index contributed by atoms with van der Waals surface area (Å²) in [4.78, 5) is 24.3. The Labute approximate surface area is 169 Å². The van der Waals surface area contributed by atoms with E-state index < -0.39 is 0 Å². The zero-order valence-corrected chi connectivity index (χ0v) is 16.3. The van der Waals surface area contributed by atoms with E-state index in [0.29, 0.717) is 22.7 Å². The topological polar surface area (TPSA) is 76.7 Å². The number of carbonyl (C=O) groups excluding carboxylic acids is 2. The number of amides is 2. The van der Waals surface area contributed by atoms with Gasteiger partial charge in [-0.25, -0.2) is 0 Å². The molecule has 6 nitrogen and oxygen atoms in total. The molecule has 2 amide bonds. The number of carbonyl (C=O) groups is 2. The number of anilines is 2. The summed E-state index contributed by atoms with van der Waals surface area (Å²) in [6.45, 7) is 1.68. The van der Waals surface area contributed by atoms with Crippen LogP contribution in [0, 0.1) is 0 Å². The van der Waals surface area contributed by atoms with Gasteiger partial charge in [-0.05, 0) is 36.4 Å². The van der Waals surface area contributed by atoms with Gasteiger partial charge in [-0.2, -0.15) is 0 Å². The molecule has 0 saturated carbocycles. The van der Waals surface area contributed by atoms with E-state index >= 15 is 0 Å². The Balaban J connectivity index is 1.80. The van der Waals surface area contributed by atoms with Crippen LogP contribution in [0.25, 0.3) is 0 Å². The lowest BCUT2D eigenvalue weighted by Crippen LogP contribution is -2.16. The van der Waals surface area contributed by atoms with Crippen molar-refractivity contribution in [1.29, 1.82) is 0 Å². The molecule has 0 aliphatic rings. The third-order valence-electron chi connectivity index (χ3n) is 4.17. The summed E-state index contributed by atoms with van der Waals surface area (Å²) < 4.78 is 11.1. The molecule has 0 atom stereocenters. The second kappa shape index (κ2) is 9.41. The van der Waals surface area contributed by atoms with Gasteiger partial charge in [-0.15, -0.1) is 0 Å². The van der Waals surface area contributed by atoms with E-state index in [9.17, 15) is 9.59 Å². The van der Waals surface area contributed by atoms with Gasteiger partial charge in [0.15, 0.2) is 0 Å². The maximum atomic E-state index is 12.9. The predicted molar refractivity (Wildman–Crippen MR) is 112 cm³/mol. The van der Waals surface area contributed by atoms with Gasteiger partial charge < -0.3 is 20.1 Å². The Morgan fingerprint density at radius 2 is 1.62 bits per heavy atom. The number of hydrogen-bond acceptors (Lipinski definition) is 4. The average Bonchev–Trinajstić information content (AvgIpc) is 2.73. The lowest BCUT2D eigenvalue weighted by atomic mass is 10.1. The smallest absolute Gasteiger partial charge is 0.256 e. The van der Waals surface area contributed by atoms with Gasteiger partial charge in [0.25, 0.3) is 5.91 Å². The van der Waals surface area contributed by atoms with Crippen LogP contribution in [0.1, 0.15) is 22.8 Å². The number of methoxy groups -OCH3 is 1. The molecule has 6 heteroatoms. The Kier molecular flexibility index (Phi) is 6.47. The van der Waals surface area contributed by atoms with Crippen molar-refractivity contribution in [2.45, 2.75) is 13.5 Å². The van der Waals surface area contributed by atoms with Gasteiger partial charge in [-0.3, -0.25) is 9.59 Å². The van der Waals surface area contributed by atoms with E-state index in [1.807, 2.05) is 42.5 Å². The highest BCUT2D eigenvalue weighted by Crippen LogP contribution is 2.28. The molecule has 3 aromatic rings. The molecule has 29 heavy (non-hydrogen) atoms. The van der Waals surface area contributed by atoms with Crippen molar-refractivity contribution in [3.63, 3.8) is 0 Å². The van der Waals surface area contributed by atoms with E-state index in [1.165, 1.54) is 14.0 Å². The molecule has 0 aliphatic carbocycles. The number of para-hydroxylation sites is 1. The number of benzene rings is 3. The summed E-state index contributed by atoms with van der Waals surface area (Å²) in [5, 5.41) is 5.55. The van der Waals surface area contributed by atoms with Crippen LogP contribution in [-0.2, 0) is 11.4 Å². The molecule has 3 aromatic carbocycles. The second-order valence-electron chi connectivity index (χ2n) is 6.31. The third-order valence-corrected chi connectivity index (χ3v) is 4.17. The maximum Gasteiger partial charge on any atom is 0.256 e. The zero-order chi connectivity index (χ0) is 20.6. The maximum absolute atomic E-state index is 12.9. The molecule has 0 spiro atoms. The van der Waals surface area contributed by atoms with E-state index in [0.717, 1.165) is 11.3 Å². The largest absolute Gasteiger partial charge is 0.495 e. The van der Waals surface area contributed by atoms with E-state index in [-0.39, 0.29) is 18.4 Å². The Morgan fingerprint density at radius 3 is 2.34 bits per heavy atom. The van der Waals surface area contributed by atoms with Crippen molar-refractivity contribution in [2.24, 2.45) is 0 Å².